The van der Waals surface area contributed by atoms with Crippen LogP contribution >= 0.6 is 0 Å². The average Bonchev–Trinajstić information content (AvgIpc) is 3.47. The van der Waals surface area contributed by atoms with Crippen molar-refractivity contribution in [2.24, 2.45) is 7.05 Å². The Hall–Kier alpha value is -5.69. The molecule has 4 aromatic carbocycles. The molecule has 238 valence electrons. The van der Waals surface area contributed by atoms with Crippen LogP contribution in [0.15, 0.2) is 140 Å². The fourth-order valence-electron chi connectivity index (χ4n) is 5.88. The van der Waals surface area contributed by atoms with E-state index in [4.69, 9.17) is 14.2 Å². The minimum atomic E-state index is -0.940. The third-order valence-corrected chi connectivity index (χ3v) is 8.01. The monoisotopic (exact) mass is 627 g/mol. The lowest BCUT2D eigenvalue weighted by Crippen LogP contribution is -2.36. The summed E-state index contributed by atoms with van der Waals surface area (Å²) in [5, 5.41) is 0.828. The molecule has 0 radical (unpaired) electrons. The van der Waals surface area contributed by atoms with Gasteiger partial charge >= 0.3 is 11.9 Å². The SMILES string of the molecule is C.COC(=O)c1cc2cc(OC(c3ccccc3)(c3ccccc3)c3ccccc3)ccc2n1CCCOC(=O)c1ccc[n+](C)c1. The van der Waals surface area contributed by atoms with E-state index in [2.05, 4.69) is 36.4 Å². The second kappa shape index (κ2) is 14.6. The number of benzene rings is 4. The molecule has 6 rings (SSSR count). The minimum absolute atomic E-state index is 0. The molecule has 0 amide bonds. The summed E-state index contributed by atoms with van der Waals surface area (Å²) in [6.45, 7) is 0.651. The topological polar surface area (TPSA) is 70.6 Å². The molecule has 47 heavy (non-hydrogen) atoms. The Bertz CT molecular complexity index is 1860. The molecule has 7 nitrogen and oxygen atoms in total. The van der Waals surface area contributed by atoms with Gasteiger partial charge in [-0.25, -0.2) is 14.2 Å². The molecule has 2 heterocycles. The maximum Gasteiger partial charge on any atom is 0.354 e. The summed E-state index contributed by atoms with van der Waals surface area (Å²) < 4.78 is 21.4. The van der Waals surface area contributed by atoms with Gasteiger partial charge in [0.15, 0.2) is 18.0 Å². The first-order chi connectivity index (χ1) is 22.5. The molecular weight excluding hydrogens is 588 g/mol. The number of methoxy groups -OCH3 is 1. The summed E-state index contributed by atoms with van der Waals surface area (Å²) in [6, 6.07) is 41.7. The lowest BCUT2D eigenvalue weighted by Gasteiger charge is -2.36. The molecule has 0 aliphatic rings. The van der Waals surface area contributed by atoms with Gasteiger partial charge in [-0.15, -0.1) is 0 Å². The number of rotatable bonds is 11. The van der Waals surface area contributed by atoms with Crippen LogP contribution < -0.4 is 9.30 Å². The maximum absolute atomic E-state index is 12.9. The van der Waals surface area contributed by atoms with E-state index in [-0.39, 0.29) is 20.0 Å². The van der Waals surface area contributed by atoms with Crippen LogP contribution in [0.3, 0.4) is 0 Å². The molecule has 0 N–H and O–H groups in total. The number of nitrogens with zero attached hydrogens (tertiary/aromatic N) is 2. The maximum atomic E-state index is 12.9. The highest BCUT2D eigenvalue weighted by atomic mass is 16.5. The lowest BCUT2D eigenvalue weighted by atomic mass is 9.80. The van der Waals surface area contributed by atoms with Crippen molar-refractivity contribution in [2.45, 2.75) is 26.0 Å². The Morgan fingerprint density at radius 2 is 1.34 bits per heavy atom. The highest BCUT2D eigenvalue weighted by molar-refractivity contribution is 5.96. The minimum Gasteiger partial charge on any atom is -0.473 e. The van der Waals surface area contributed by atoms with E-state index >= 15 is 0 Å². The number of carbonyl (C=O) groups is 2. The first kappa shape index (κ1) is 32.7. The Balaban J connectivity index is 0.00000433. The van der Waals surface area contributed by atoms with Gasteiger partial charge in [-0.1, -0.05) is 98.4 Å². The van der Waals surface area contributed by atoms with E-state index in [9.17, 15) is 9.59 Å². The van der Waals surface area contributed by atoms with Crippen LogP contribution in [0.5, 0.6) is 5.75 Å². The quantitative estimate of drug-likeness (QED) is 0.0644. The molecule has 6 aromatic rings. The molecular formula is C40H39N2O5+. The highest BCUT2D eigenvalue weighted by Gasteiger charge is 2.39. The standard InChI is InChI=1S/C39H35N2O5.CH4/c1-40-23-12-14-29(28-40)37(42)45-25-13-24-41-35-22-21-34(26-30(35)27-36(41)38(43)44-2)46-39(31-15-6-3-7-16-31,32-17-8-4-9-18-32)33-19-10-5-11-20-33;/h3-12,14-23,26-28H,13,24-25H2,1-2H3;1H4/q+1;. The molecule has 0 spiro atoms. The van der Waals surface area contributed by atoms with Crippen LogP contribution in [0.1, 0.15) is 51.4 Å². The van der Waals surface area contributed by atoms with E-state index in [1.165, 1.54) is 7.11 Å². The number of carbonyl (C=O) groups excluding carboxylic acids is 2. The Labute approximate surface area is 275 Å². The zero-order valence-corrected chi connectivity index (χ0v) is 25.8. The van der Waals surface area contributed by atoms with E-state index in [1.807, 2.05) is 96.7 Å². The van der Waals surface area contributed by atoms with Crippen molar-refractivity contribution in [1.29, 1.82) is 0 Å². The third kappa shape index (κ3) is 6.79. The van der Waals surface area contributed by atoms with Gasteiger partial charge in [0.1, 0.15) is 24.1 Å². The van der Waals surface area contributed by atoms with Gasteiger partial charge in [0.2, 0.25) is 0 Å². The summed E-state index contributed by atoms with van der Waals surface area (Å²) in [5.74, 6) is -0.190. The van der Waals surface area contributed by atoms with E-state index < -0.39 is 11.6 Å². The predicted molar refractivity (Wildman–Crippen MR) is 182 cm³/mol. The molecule has 0 aliphatic heterocycles. The molecule has 0 bridgehead atoms. The molecule has 0 saturated carbocycles. The van der Waals surface area contributed by atoms with Crippen molar-refractivity contribution in [3.05, 3.63) is 168 Å². The van der Waals surface area contributed by atoms with Gasteiger partial charge in [-0.3, -0.25) is 0 Å². The van der Waals surface area contributed by atoms with Crippen molar-refractivity contribution >= 4 is 22.8 Å². The summed E-state index contributed by atoms with van der Waals surface area (Å²) in [4.78, 5) is 25.4. The van der Waals surface area contributed by atoms with Crippen molar-refractivity contribution in [1.82, 2.24) is 4.57 Å². The molecule has 0 unspecified atom stereocenters. The van der Waals surface area contributed by atoms with Gasteiger partial charge < -0.3 is 18.8 Å². The summed E-state index contributed by atoms with van der Waals surface area (Å²) in [7, 11) is 3.22. The number of aromatic nitrogens is 2. The van der Waals surface area contributed by atoms with Crippen molar-refractivity contribution in [2.75, 3.05) is 13.7 Å². The van der Waals surface area contributed by atoms with E-state index in [0.29, 0.717) is 30.0 Å². The number of hydrogen-bond donors (Lipinski definition) is 0. The van der Waals surface area contributed by atoms with Gasteiger partial charge in [0.05, 0.1) is 13.7 Å². The zero-order chi connectivity index (χ0) is 31.9. The molecule has 0 saturated heterocycles. The number of pyridine rings is 1. The lowest BCUT2D eigenvalue weighted by molar-refractivity contribution is -0.671. The van der Waals surface area contributed by atoms with Crippen molar-refractivity contribution in [3.63, 3.8) is 0 Å². The molecule has 0 atom stereocenters. The van der Waals surface area contributed by atoms with Gasteiger partial charge in [-0.2, -0.15) is 0 Å². The first-order valence-corrected chi connectivity index (χ1v) is 15.2. The number of fused-ring (bicyclic) bond motifs is 1. The fourth-order valence-corrected chi connectivity index (χ4v) is 5.88. The van der Waals surface area contributed by atoms with Crippen LogP contribution in [0.4, 0.5) is 0 Å². The largest absolute Gasteiger partial charge is 0.473 e. The second-order valence-electron chi connectivity index (χ2n) is 11.0. The Morgan fingerprint density at radius 3 is 1.89 bits per heavy atom. The molecule has 0 aliphatic carbocycles. The van der Waals surface area contributed by atoms with E-state index in [1.54, 1.807) is 22.9 Å². The summed E-state index contributed by atoms with van der Waals surface area (Å²) in [6.07, 6.45) is 4.08. The Kier molecular flexibility index (Phi) is 10.2. The predicted octanol–water partition coefficient (Wildman–Crippen LogP) is 7.51. The number of esters is 2. The number of ether oxygens (including phenoxy) is 3. The highest BCUT2D eigenvalue weighted by Crippen LogP contribution is 2.42. The smallest absolute Gasteiger partial charge is 0.354 e. The fraction of sp³-hybridized carbons (Fsp3) is 0.175. The molecule has 0 fully saturated rings. The normalized spacial score (nSPS) is 11.0. The Morgan fingerprint density at radius 1 is 0.745 bits per heavy atom. The summed E-state index contributed by atoms with van der Waals surface area (Å²) in [5.41, 5.74) is 3.76. The third-order valence-electron chi connectivity index (χ3n) is 8.01. The van der Waals surface area contributed by atoms with Gasteiger partial charge in [0.25, 0.3) is 0 Å². The van der Waals surface area contributed by atoms with E-state index in [0.717, 1.165) is 27.6 Å². The van der Waals surface area contributed by atoms with Gasteiger partial charge in [0, 0.05) is 40.2 Å². The average molecular weight is 628 g/mol. The number of hydrogen-bond acceptors (Lipinski definition) is 5. The first-order valence-electron chi connectivity index (χ1n) is 15.2. The van der Waals surface area contributed by atoms with Gasteiger partial charge in [-0.05, 0) is 36.8 Å². The summed E-state index contributed by atoms with van der Waals surface area (Å²) >= 11 is 0. The molecule has 2 aromatic heterocycles. The van der Waals surface area contributed by atoms with Crippen LogP contribution in [0.25, 0.3) is 10.9 Å². The van der Waals surface area contributed by atoms with Crippen molar-refractivity contribution in [3.8, 4) is 5.75 Å². The van der Waals surface area contributed by atoms with Crippen LogP contribution in [0.2, 0.25) is 0 Å². The van der Waals surface area contributed by atoms with Crippen LogP contribution in [-0.4, -0.2) is 30.2 Å². The second-order valence-corrected chi connectivity index (χ2v) is 11.0. The van der Waals surface area contributed by atoms with Crippen LogP contribution in [-0.2, 0) is 28.7 Å². The molecule has 7 heteroatoms. The van der Waals surface area contributed by atoms with Crippen LogP contribution in [0, 0.1) is 0 Å². The van der Waals surface area contributed by atoms with Crippen molar-refractivity contribution < 1.29 is 28.4 Å². The zero-order valence-electron chi connectivity index (χ0n) is 25.8. The number of aryl methyl sites for hydroxylation is 2.